The lowest BCUT2D eigenvalue weighted by atomic mass is 9.97. The first-order chi connectivity index (χ1) is 20.5. The van der Waals surface area contributed by atoms with Crippen LogP contribution in [0.25, 0.3) is 33.2 Å². The third-order valence-electron chi connectivity index (χ3n) is 8.69. The summed E-state index contributed by atoms with van der Waals surface area (Å²) >= 11 is 7.06. The van der Waals surface area contributed by atoms with Crippen LogP contribution in [0.5, 0.6) is 5.75 Å². The molecule has 4 aromatic rings. The molecular formula is C31H39ClN6O4Si. The van der Waals surface area contributed by atoms with Crippen LogP contribution in [0, 0.1) is 6.92 Å². The molecule has 0 spiro atoms. The second kappa shape index (κ2) is 11.6. The van der Waals surface area contributed by atoms with Crippen LogP contribution in [0.1, 0.15) is 31.4 Å². The molecule has 2 aliphatic rings. The summed E-state index contributed by atoms with van der Waals surface area (Å²) in [5.41, 5.74) is 4.82. The highest BCUT2D eigenvalue weighted by molar-refractivity contribution is 6.76. The lowest BCUT2D eigenvalue weighted by molar-refractivity contribution is 0.0899. The van der Waals surface area contributed by atoms with Gasteiger partial charge in [0.25, 0.3) is 0 Å². The summed E-state index contributed by atoms with van der Waals surface area (Å²) in [6, 6.07) is 7.38. The maximum absolute atomic E-state index is 11.3. The fraction of sp³-hybridized carbons (Fsp3) is 0.484. The first-order valence-electron chi connectivity index (χ1n) is 14.9. The number of rotatable bonds is 9. The van der Waals surface area contributed by atoms with Gasteiger partial charge in [0.2, 0.25) is 0 Å². The van der Waals surface area contributed by atoms with Gasteiger partial charge in [-0.1, -0.05) is 37.3 Å². The van der Waals surface area contributed by atoms with Crippen molar-refractivity contribution in [1.29, 1.82) is 0 Å². The number of anilines is 1. The van der Waals surface area contributed by atoms with Crippen LogP contribution in [-0.4, -0.2) is 70.6 Å². The van der Waals surface area contributed by atoms with Gasteiger partial charge in [-0.05, 0) is 50.8 Å². The topological polar surface area (TPSA) is 115 Å². The van der Waals surface area contributed by atoms with E-state index in [0.717, 1.165) is 76.4 Å². The Bertz CT molecular complexity index is 1670. The third kappa shape index (κ3) is 5.90. The number of benzene rings is 1. The summed E-state index contributed by atoms with van der Waals surface area (Å²) < 4.78 is 13.7. The van der Waals surface area contributed by atoms with Gasteiger partial charge in [0.15, 0.2) is 5.65 Å². The summed E-state index contributed by atoms with van der Waals surface area (Å²) in [6.07, 6.45) is 6.47. The van der Waals surface area contributed by atoms with E-state index in [-0.39, 0.29) is 18.1 Å². The highest BCUT2D eigenvalue weighted by Crippen LogP contribution is 2.41. The average molecular weight is 623 g/mol. The molecule has 2 bridgehead atoms. The minimum absolute atomic E-state index is 0.0369. The highest BCUT2D eigenvalue weighted by atomic mass is 35.5. The van der Waals surface area contributed by atoms with Gasteiger partial charge in [-0.3, -0.25) is 0 Å². The van der Waals surface area contributed by atoms with Crippen LogP contribution in [-0.2, 0) is 11.5 Å². The van der Waals surface area contributed by atoms with Crippen molar-refractivity contribution >= 4 is 53.7 Å². The zero-order valence-electron chi connectivity index (χ0n) is 25.4. The number of fused-ring (bicyclic) bond motifs is 4. The number of methoxy groups -OCH3 is 1. The van der Waals surface area contributed by atoms with E-state index in [1.54, 1.807) is 7.11 Å². The lowest BCUT2D eigenvalue weighted by Gasteiger charge is -2.39. The van der Waals surface area contributed by atoms with E-state index in [2.05, 4.69) is 34.8 Å². The van der Waals surface area contributed by atoms with Gasteiger partial charge < -0.3 is 29.4 Å². The molecule has 2 atom stereocenters. The molecule has 12 heteroatoms. The number of piperidine rings is 1. The lowest BCUT2D eigenvalue weighted by Crippen LogP contribution is -2.50. The van der Waals surface area contributed by atoms with Crippen molar-refractivity contribution < 1.29 is 19.4 Å². The molecule has 2 aliphatic heterocycles. The second-order valence-corrected chi connectivity index (χ2v) is 18.9. The molecule has 2 N–H and O–H groups in total. The maximum Gasteiger partial charge on any atom is 0.404 e. The van der Waals surface area contributed by atoms with Crippen LogP contribution in [0.15, 0.2) is 30.6 Å². The van der Waals surface area contributed by atoms with Crippen molar-refractivity contribution in [3.05, 3.63) is 41.3 Å². The zero-order valence-corrected chi connectivity index (χ0v) is 27.1. The molecule has 2 saturated heterocycles. The molecule has 2 fully saturated rings. The molecule has 1 amide bonds. The number of aryl methyl sites for hydroxylation is 1. The molecule has 5 heterocycles. The molecule has 0 radical (unpaired) electrons. The Kier molecular flexibility index (Phi) is 7.99. The molecule has 228 valence electrons. The normalized spacial score (nSPS) is 20.2. The molecule has 1 aromatic carbocycles. The molecule has 10 nitrogen and oxygen atoms in total. The van der Waals surface area contributed by atoms with Gasteiger partial charge in [-0.15, -0.1) is 0 Å². The van der Waals surface area contributed by atoms with E-state index in [9.17, 15) is 9.90 Å². The maximum atomic E-state index is 11.3. The van der Waals surface area contributed by atoms with Gasteiger partial charge in [0.1, 0.15) is 23.8 Å². The minimum Gasteiger partial charge on any atom is -0.495 e. The van der Waals surface area contributed by atoms with Crippen molar-refractivity contribution in [2.24, 2.45) is 0 Å². The Balaban J connectivity index is 1.39. The number of halogens is 1. The summed E-state index contributed by atoms with van der Waals surface area (Å²) in [5.74, 6) is 1.50. The number of nitrogens with one attached hydrogen (secondary N) is 1. The first-order valence-corrected chi connectivity index (χ1v) is 19.0. The summed E-state index contributed by atoms with van der Waals surface area (Å²) in [5, 5.41) is 13.3. The number of carbonyl (C=O) groups is 1. The van der Waals surface area contributed by atoms with Crippen LogP contribution in [0.3, 0.4) is 0 Å². The van der Waals surface area contributed by atoms with Crippen molar-refractivity contribution in [3.63, 3.8) is 0 Å². The Labute approximate surface area is 257 Å². The number of pyridine rings is 1. The zero-order chi connectivity index (χ0) is 30.5. The third-order valence-corrected chi connectivity index (χ3v) is 10.8. The predicted molar refractivity (Wildman–Crippen MR) is 172 cm³/mol. The Hall–Kier alpha value is -3.41. The van der Waals surface area contributed by atoms with Gasteiger partial charge in [0, 0.05) is 55.5 Å². The highest BCUT2D eigenvalue weighted by Gasteiger charge is 2.42. The summed E-state index contributed by atoms with van der Waals surface area (Å²) in [6.45, 7) is 9.99. The molecule has 0 aliphatic carbocycles. The summed E-state index contributed by atoms with van der Waals surface area (Å²) in [7, 11) is 0.390. The Morgan fingerprint density at radius 1 is 1.16 bits per heavy atom. The number of amides is 1. The van der Waals surface area contributed by atoms with Crippen LogP contribution < -0.4 is 15.0 Å². The predicted octanol–water partition coefficient (Wildman–Crippen LogP) is 6.70. The van der Waals surface area contributed by atoms with Crippen molar-refractivity contribution in [1.82, 2.24) is 24.8 Å². The quantitative estimate of drug-likeness (QED) is 0.157. The van der Waals surface area contributed by atoms with E-state index in [1.807, 2.05) is 42.1 Å². The van der Waals surface area contributed by atoms with E-state index in [4.69, 9.17) is 31.0 Å². The van der Waals surface area contributed by atoms with Gasteiger partial charge in [-0.2, -0.15) is 0 Å². The fourth-order valence-corrected chi connectivity index (χ4v) is 7.62. The number of nitrogens with zero attached hydrogens (tertiary/aromatic N) is 5. The fourth-order valence-electron chi connectivity index (χ4n) is 6.55. The van der Waals surface area contributed by atoms with E-state index < -0.39 is 14.2 Å². The van der Waals surface area contributed by atoms with E-state index >= 15 is 0 Å². The number of ether oxygens (including phenoxy) is 2. The van der Waals surface area contributed by atoms with Crippen molar-refractivity contribution in [2.45, 2.75) is 83.1 Å². The Morgan fingerprint density at radius 3 is 2.58 bits per heavy atom. The number of aromatic nitrogens is 4. The largest absolute Gasteiger partial charge is 0.495 e. The number of hydrogen-bond donors (Lipinski definition) is 2. The molecule has 0 saturated carbocycles. The van der Waals surface area contributed by atoms with Gasteiger partial charge in [-0.25, -0.2) is 19.7 Å². The molecule has 2 unspecified atom stereocenters. The van der Waals surface area contributed by atoms with Gasteiger partial charge in [0.05, 0.1) is 29.5 Å². The van der Waals surface area contributed by atoms with E-state index in [0.29, 0.717) is 24.1 Å². The Morgan fingerprint density at radius 2 is 1.91 bits per heavy atom. The average Bonchev–Trinajstić information content (AvgIpc) is 3.43. The first kappa shape index (κ1) is 29.6. The van der Waals surface area contributed by atoms with E-state index in [1.165, 1.54) is 0 Å². The van der Waals surface area contributed by atoms with Crippen LogP contribution in [0.4, 0.5) is 10.6 Å². The van der Waals surface area contributed by atoms with Crippen LogP contribution >= 0.6 is 11.6 Å². The number of carboxylic acid groups (broad SMARTS) is 1. The smallest absolute Gasteiger partial charge is 0.404 e. The van der Waals surface area contributed by atoms with Crippen molar-refractivity contribution in [3.8, 4) is 16.9 Å². The standard InChI is InChI=1S/C31H39ClN6O4Si/c1-18-26(41-2)14-23-25(34-18)9-8-22(28(23)32)24-16-37(17-42-10-11-43(3,4)5)30-29(24)33-15-27(36-30)38-20-6-7-21(38)13-19(12-20)35-31(39)40/h8-9,14-16,19-21,35H,6-7,10-13,17H2,1-5H3,(H,39,40). The SMILES string of the molecule is COc1cc2c(Cl)c(-c3cn(COCC[Si](C)(C)C)c4nc(N5C6CCC5CC(NC(=O)O)C6)cnc34)ccc2nc1C. The monoisotopic (exact) mass is 622 g/mol. The molecule has 3 aromatic heterocycles. The molecule has 6 rings (SSSR count). The van der Waals surface area contributed by atoms with Crippen LogP contribution in [0.2, 0.25) is 30.7 Å². The number of hydrogen-bond acceptors (Lipinski definition) is 7. The summed E-state index contributed by atoms with van der Waals surface area (Å²) in [4.78, 5) is 28.5. The molecule has 43 heavy (non-hydrogen) atoms. The van der Waals surface area contributed by atoms with Gasteiger partial charge >= 0.3 is 6.09 Å². The van der Waals surface area contributed by atoms with Crippen molar-refractivity contribution in [2.75, 3.05) is 18.6 Å². The second-order valence-electron chi connectivity index (χ2n) is 12.9. The molecular weight excluding hydrogens is 584 g/mol. The minimum atomic E-state index is -1.24.